The zero-order valence-corrected chi connectivity index (χ0v) is 7.10. The first-order chi connectivity index (χ1) is 6.36. The standard InChI is InChI=1S/C8H10N2O3/c11-5-9-4-7-2-1-3-8(13-7)10-6-12/h7-8H,1-4H2. The number of isocyanates is 2. The topological polar surface area (TPSA) is 68.1 Å². The molecule has 0 aromatic heterocycles. The summed E-state index contributed by atoms with van der Waals surface area (Å²) in [7, 11) is 0. The van der Waals surface area contributed by atoms with Crippen LogP contribution in [0.4, 0.5) is 0 Å². The number of ether oxygens (including phenoxy) is 1. The van der Waals surface area contributed by atoms with Crippen molar-refractivity contribution in [2.45, 2.75) is 31.6 Å². The number of carbonyl (C=O) groups excluding carboxylic acids is 2. The van der Waals surface area contributed by atoms with Gasteiger partial charge in [0.05, 0.1) is 12.6 Å². The van der Waals surface area contributed by atoms with Crippen molar-refractivity contribution < 1.29 is 14.3 Å². The molecule has 0 aromatic rings. The minimum Gasteiger partial charge on any atom is -0.351 e. The molecule has 2 atom stereocenters. The number of nitrogens with zero attached hydrogens (tertiary/aromatic N) is 2. The first kappa shape index (κ1) is 9.81. The molecule has 0 bridgehead atoms. The average molecular weight is 182 g/mol. The maximum Gasteiger partial charge on any atom is 0.237 e. The molecule has 0 radical (unpaired) electrons. The molecule has 2 unspecified atom stereocenters. The highest BCUT2D eigenvalue weighted by atomic mass is 16.5. The Bertz CT molecular complexity index is 254. The molecular formula is C8H10N2O3. The summed E-state index contributed by atoms with van der Waals surface area (Å²) in [5.41, 5.74) is 0. The van der Waals surface area contributed by atoms with Crippen molar-refractivity contribution in [3.63, 3.8) is 0 Å². The van der Waals surface area contributed by atoms with Gasteiger partial charge < -0.3 is 4.74 Å². The number of aliphatic imine (C=N–C) groups is 2. The Morgan fingerprint density at radius 1 is 1.31 bits per heavy atom. The van der Waals surface area contributed by atoms with E-state index in [1.54, 1.807) is 0 Å². The molecule has 1 aliphatic heterocycles. The Morgan fingerprint density at radius 3 is 2.85 bits per heavy atom. The molecular weight excluding hydrogens is 172 g/mol. The molecule has 0 amide bonds. The third-order valence-electron chi connectivity index (χ3n) is 1.88. The summed E-state index contributed by atoms with van der Waals surface area (Å²) >= 11 is 0. The van der Waals surface area contributed by atoms with Crippen LogP contribution in [0.3, 0.4) is 0 Å². The third kappa shape index (κ3) is 3.30. The van der Waals surface area contributed by atoms with Gasteiger partial charge in [0.15, 0.2) is 6.23 Å². The summed E-state index contributed by atoms with van der Waals surface area (Å²) in [6.45, 7) is 0.300. The van der Waals surface area contributed by atoms with E-state index in [0.29, 0.717) is 6.54 Å². The molecule has 1 rings (SSSR count). The Morgan fingerprint density at radius 2 is 2.15 bits per heavy atom. The molecule has 1 aliphatic rings. The summed E-state index contributed by atoms with van der Waals surface area (Å²) in [4.78, 5) is 26.7. The van der Waals surface area contributed by atoms with E-state index in [1.165, 1.54) is 12.2 Å². The van der Waals surface area contributed by atoms with Gasteiger partial charge in [-0.05, 0) is 19.3 Å². The summed E-state index contributed by atoms with van der Waals surface area (Å²) in [5, 5.41) is 0. The van der Waals surface area contributed by atoms with Gasteiger partial charge in [0.2, 0.25) is 12.2 Å². The van der Waals surface area contributed by atoms with Crippen LogP contribution in [-0.2, 0) is 14.3 Å². The SMILES string of the molecule is O=C=NCC1CCCC(N=C=O)O1. The molecule has 1 saturated heterocycles. The van der Waals surface area contributed by atoms with Gasteiger partial charge in [-0.2, -0.15) is 4.99 Å². The van der Waals surface area contributed by atoms with E-state index in [-0.39, 0.29) is 6.10 Å². The fourth-order valence-electron chi connectivity index (χ4n) is 1.31. The van der Waals surface area contributed by atoms with E-state index >= 15 is 0 Å². The molecule has 70 valence electrons. The van der Waals surface area contributed by atoms with Crippen molar-refractivity contribution in [3.05, 3.63) is 0 Å². The number of hydrogen-bond donors (Lipinski definition) is 0. The van der Waals surface area contributed by atoms with E-state index in [0.717, 1.165) is 19.3 Å². The van der Waals surface area contributed by atoms with Crippen LogP contribution in [0, 0.1) is 0 Å². The molecule has 0 aromatic carbocycles. The van der Waals surface area contributed by atoms with E-state index in [9.17, 15) is 9.59 Å². The Balaban J connectivity index is 2.41. The highest BCUT2D eigenvalue weighted by Crippen LogP contribution is 2.19. The lowest BCUT2D eigenvalue weighted by atomic mass is 10.1. The number of hydrogen-bond acceptors (Lipinski definition) is 5. The predicted molar refractivity (Wildman–Crippen MR) is 43.6 cm³/mol. The van der Waals surface area contributed by atoms with Gasteiger partial charge in [-0.25, -0.2) is 14.6 Å². The van der Waals surface area contributed by atoms with Crippen LogP contribution in [0.2, 0.25) is 0 Å². The molecule has 5 heteroatoms. The van der Waals surface area contributed by atoms with Crippen LogP contribution in [-0.4, -0.2) is 31.0 Å². The number of rotatable bonds is 3. The lowest BCUT2D eigenvalue weighted by Crippen LogP contribution is -2.28. The van der Waals surface area contributed by atoms with E-state index in [2.05, 4.69) is 9.98 Å². The maximum absolute atomic E-state index is 9.94. The maximum atomic E-state index is 9.94. The first-order valence-electron chi connectivity index (χ1n) is 4.13. The Labute approximate surface area is 75.5 Å². The quantitative estimate of drug-likeness (QED) is 0.473. The Hall–Kier alpha value is -1.28. The van der Waals surface area contributed by atoms with Crippen LogP contribution in [0.25, 0.3) is 0 Å². The minimum atomic E-state index is -0.405. The second kappa shape index (κ2) is 5.38. The fraction of sp³-hybridized carbons (Fsp3) is 0.750. The molecule has 0 aliphatic carbocycles. The van der Waals surface area contributed by atoms with E-state index in [4.69, 9.17) is 4.74 Å². The Kier molecular flexibility index (Phi) is 4.06. The zero-order valence-electron chi connectivity index (χ0n) is 7.10. The predicted octanol–water partition coefficient (Wildman–Crippen LogP) is 0.553. The highest BCUT2D eigenvalue weighted by molar-refractivity contribution is 5.33. The lowest BCUT2D eigenvalue weighted by Gasteiger charge is -2.24. The monoisotopic (exact) mass is 182 g/mol. The molecule has 1 heterocycles. The minimum absolute atomic E-state index is 0.114. The van der Waals surface area contributed by atoms with Crippen LogP contribution in [0.15, 0.2) is 9.98 Å². The van der Waals surface area contributed by atoms with Gasteiger partial charge in [0.1, 0.15) is 0 Å². The largest absolute Gasteiger partial charge is 0.351 e. The zero-order chi connectivity index (χ0) is 9.52. The van der Waals surface area contributed by atoms with Crippen LogP contribution < -0.4 is 0 Å². The van der Waals surface area contributed by atoms with Crippen molar-refractivity contribution in [1.29, 1.82) is 0 Å². The smallest absolute Gasteiger partial charge is 0.237 e. The van der Waals surface area contributed by atoms with Gasteiger partial charge in [-0.1, -0.05) is 0 Å². The van der Waals surface area contributed by atoms with Crippen molar-refractivity contribution in [2.75, 3.05) is 6.54 Å². The van der Waals surface area contributed by atoms with Gasteiger partial charge in [-0.3, -0.25) is 0 Å². The summed E-state index contributed by atoms with van der Waals surface area (Å²) < 4.78 is 5.33. The molecule has 0 saturated carbocycles. The highest BCUT2D eigenvalue weighted by Gasteiger charge is 2.21. The fourth-order valence-corrected chi connectivity index (χ4v) is 1.31. The summed E-state index contributed by atoms with van der Waals surface area (Å²) in [6.07, 6.45) is 4.89. The van der Waals surface area contributed by atoms with Crippen LogP contribution >= 0.6 is 0 Å². The molecule has 0 spiro atoms. The molecule has 5 nitrogen and oxygen atoms in total. The van der Waals surface area contributed by atoms with E-state index in [1.807, 2.05) is 0 Å². The van der Waals surface area contributed by atoms with Gasteiger partial charge >= 0.3 is 0 Å². The second-order valence-corrected chi connectivity index (χ2v) is 2.80. The average Bonchev–Trinajstić information content (AvgIpc) is 2.16. The van der Waals surface area contributed by atoms with Gasteiger partial charge in [0, 0.05) is 0 Å². The molecule has 1 fully saturated rings. The van der Waals surface area contributed by atoms with Crippen molar-refractivity contribution >= 4 is 12.2 Å². The first-order valence-corrected chi connectivity index (χ1v) is 4.13. The van der Waals surface area contributed by atoms with Gasteiger partial charge in [0.25, 0.3) is 0 Å². The normalized spacial score (nSPS) is 27.1. The van der Waals surface area contributed by atoms with Crippen LogP contribution in [0.1, 0.15) is 19.3 Å². The third-order valence-corrected chi connectivity index (χ3v) is 1.88. The summed E-state index contributed by atoms with van der Waals surface area (Å²) in [6, 6.07) is 0. The van der Waals surface area contributed by atoms with Crippen molar-refractivity contribution in [2.24, 2.45) is 9.98 Å². The van der Waals surface area contributed by atoms with Crippen molar-refractivity contribution in [1.82, 2.24) is 0 Å². The molecule has 13 heavy (non-hydrogen) atoms. The lowest BCUT2D eigenvalue weighted by molar-refractivity contribution is -0.0388. The van der Waals surface area contributed by atoms with Crippen molar-refractivity contribution in [3.8, 4) is 0 Å². The van der Waals surface area contributed by atoms with Gasteiger partial charge in [-0.15, -0.1) is 0 Å². The molecule has 0 N–H and O–H groups in total. The van der Waals surface area contributed by atoms with Crippen LogP contribution in [0.5, 0.6) is 0 Å². The van der Waals surface area contributed by atoms with E-state index < -0.39 is 6.23 Å². The summed E-state index contributed by atoms with van der Waals surface area (Å²) in [5.74, 6) is 0. The second-order valence-electron chi connectivity index (χ2n) is 2.80.